The first kappa shape index (κ1) is 18.1. The van der Waals surface area contributed by atoms with Crippen LogP contribution in [-0.2, 0) is 4.79 Å². The average Bonchev–Trinajstić information content (AvgIpc) is 2.66. The zero-order valence-corrected chi connectivity index (χ0v) is 14.3. The molecule has 25 heavy (non-hydrogen) atoms. The van der Waals surface area contributed by atoms with Gasteiger partial charge in [-0.3, -0.25) is 4.79 Å². The highest BCUT2D eigenvalue weighted by Crippen LogP contribution is 2.22. The highest BCUT2D eigenvalue weighted by atomic mass is 16.5. The summed E-state index contributed by atoms with van der Waals surface area (Å²) in [5.41, 5.74) is 3.07. The van der Waals surface area contributed by atoms with Gasteiger partial charge in [-0.15, -0.1) is 0 Å². The molecule has 0 aliphatic heterocycles. The predicted molar refractivity (Wildman–Crippen MR) is 93.8 cm³/mol. The highest BCUT2D eigenvalue weighted by Gasteiger charge is 2.04. The van der Waals surface area contributed by atoms with Crippen LogP contribution in [0.2, 0.25) is 0 Å². The van der Waals surface area contributed by atoms with Crippen molar-refractivity contribution in [1.29, 1.82) is 0 Å². The van der Waals surface area contributed by atoms with Gasteiger partial charge >= 0.3 is 0 Å². The van der Waals surface area contributed by atoms with E-state index in [0.29, 0.717) is 28.6 Å². The number of benzene rings is 2. The SMILES string of the molecule is COc1cccc(OCC(=O)N/N=C/c2cc(OC)ccc2OC)c1. The third-order valence-corrected chi connectivity index (χ3v) is 3.24. The molecule has 0 heterocycles. The van der Waals surface area contributed by atoms with Gasteiger partial charge in [0.05, 0.1) is 27.5 Å². The smallest absolute Gasteiger partial charge is 0.277 e. The number of ether oxygens (including phenoxy) is 4. The summed E-state index contributed by atoms with van der Waals surface area (Å²) in [7, 11) is 4.69. The molecule has 0 spiro atoms. The molecule has 2 rings (SSSR count). The monoisotopic (exact) mass is 344 g/mol. The van der Waals surface area contributed by atoms with E-state index in [1.165, 1.54) is 6.21 Å². The van der Waals surface area contributed by atoms with E-state index in [4.69, 9.17) is 18.9 Å². The van der Waals surface area contributed by atoms with E-state index in [2.05, 4.69) is 10.5 Å². The lowest BCUT2D eigenvalue weighted by Gasteiger charge is -2.07. The Morgan fingerprint density at radius 2 is 1.72 bits per heavy atom. The molecule has 1 N–H and O–H groups in total. The number of amides is 1. The normalized spacial score (nSPS) is 10.4. The number of hydrazone groups is 1. The van der Waals surface area contributed by atoms with Crippen LogP contribution in [0.5, 0.6) is 23.0 Å². The van der Waals surface area contributed by atoms with Gasteiger partial charge in [-0.25, -0.2) is 5.43 Å². The van der Waals surface area contributed by atoms with Gasteiger partial charge in [0.1, 0.15) is 23.0 Å². The standard InChI is InChI=1S/C18H20N2O5/c1-22-14-5-4-6-16(10-14)25-12-18(21)20-19-11-13-9-15(23-2)7-8-17(13)24-3/h4-11H,12H2,1-3H3,(H,20,21)/b19-11+. The van der Waals surface area contributed by atoms with Crippen LogP contribution in [0.3, 0.4) is 0 Å². The Morgan fingerprint density at radius 1 is 1.00 bits per heavy atom. The lowest BCUT2D eigenvalue weighted by molar-refractivity contribution is -0.123. The molecule has 0 saturated carbocycles. The molecule has 1 amide bonds. The van der Waals surface area contributed by atoms with E-state index in [0.717, 1.165) is 0 Å². The Kier molecular flexibility index (Phi) is 6.65. The molecule has 0 aliphatic rings. The Hall–Kier alpha value is -3.22. The summed E-state index contributed by atoms with van der Waals surface area (Å²) in [6.45, 7) is -0.167. The lowest BCUT2D eigenvalue weighted by Crippen LogP contribution is -2.24. The van der Waals surface area contributed by atoms with Crippen molar-refractivity contribution in [2.75, 3.05) is 27.9 Å². The van der Waals surface area contributed by atoms with E-state index < -0.39 is 0 Å². The van der Waals surface area contributed by atoms with Crippen LogP contribution in [0.1, 0.15) is 5.56 Å². The summed E-state index contributed by atoms with van der Waals surface area (Å²) in [6.07, 6.45) is 1.48. The van der Waals surface area contributed by atoms with Crippen molar-refractivity contribution in [2.45, 2.75) is 0 Å². The molecule has 132 valence electrons. The molecule has 2 aromatic rings. The summed E-state index contributed by atoms with van der Waals surface area (Å²) in [4.78, 5) is 11.8. The predicted octanol–water partition coefficient (Wildman–Crippen LogP) is 2.24. The first-order chi connectivity index (χ1) is 12.2. The number of rotatable bonds is 8. The average molecular weight is 344 g/mol. The summed E-state index contributed by atoms with van der Waals surface area (Å²) < 4.78 is 20.9. The summed E-state index contributed by atoms with van der Waals surface area (Å²) in [6, 6.07) is 12.3. The molecular formula is C18H20N2O5. The maximum atomic E-state index is 11.8. The second-order valence-electron chi connectivity index (χ2n) is 4.87. The van der Waals surface area contributed by atoms with Crippen molar-refractivity contribution in [3.8, 4) is 23.0 Å². The van der Waals surface area contributed by atoms with E-state index in [9.17, 15) is 4.79 Å². The lowest BCUT2D eigenvalue weighted by atomic mass is 10.2. The van der Waals surface area contributed by atoms with Gasteiger partial charge < -0.3 is 18.9 Å². The van der Waals surface area contributed by atoms with Gasteiger partial charge in [0.25, 0.3) is 5.91 Å². The molecule has 7 nitrogen and oxygen atoms in total. The van der Waals surface area contributed by atoms with Crippen LogP contribution in [-0.4, -0.2) is 40.1 Å². The van der Waals surface area contributed by atoms with Crippen LogP contribution < -0.4 is 24.4 Å². The van der Waals surface area contributed by atoms with Crippen LogP contribution >= 0.6 is 0 Å². The molecule has 2 aromatic carbocycles. The number of hydrogen-bond acceptors (Lipinski definition) is 6. The van der Waals surface area contributed by atoms with Gasteiger partial charge in [-0.1, -0.05) is 6.07 Å². The summed E-state index contributed by atoms with van der Waals surface area (Å²) in [5, 5.41) is 3.91. The van der Waals surface area contributed by atoms with E-state index in [-0.39, 0.29) is 12.5 Å². The highest BCUT2D eigenvalue weighted by molar-refractivity contribution is 5.86. The van der Waals surface area contributed by atoms with Gasteiger partial charge in [-0.2, -0.15) is 5.10 Å². The molecule has 0 radical (unpaired) electrons. The third kappa shape index (κ3) is 5.42. The van der Waals surface area contributed by atoms with Gasteiger partial charge in [0.15, 0.2) is 6.61 Å². The largest absolute Gasteiger partial charge is 0.497 e. The Morgan fingerprint density at radius 3 is 2.44 bits per heavy atom. The first-order valence-electron chi connectivity index (χ1n) is 7.47. The van der Waals surface area contributed by atoms with E-state index >= 15 is 0 Å². The molecule has 0 bridgehead atoms. The van der Waals surface area contributed by atoms with Crippen molar-refractivity contribution in [3.63, 3.8) is 0 Å². The number of methoxy groups -OCH3 is 3. The molecule has 0 fully saturated rings. The fourth-order valence-electron chi connectivity index (χ4n) is 1.99. The quantitative estimate of drug-likeness (QED) is 0.587. The van der Waals surface area contributed by atoms with Gasteiger partial charge in [-0.05, 0) is 30.3 Å². The molecule has 0 atom stereocenters. The fraction of sp³-hybridized carbons (Fsp3) is 0.222. The van der Waals surface area contributed by atoms with Crippen LogP contribution in [0.25, 0.3) is 0 Å². The van der Waals surface area contributed by atoms with E-state index in [1.807, 2.05) is 0 Å². The first-order valence-corrected chi connectivity index (χ1v) is 7.47. The maximum Gasteiger partial charge on any atom is 0.277 e. The Balaban J connectivity index is 1.90. The van der Waals surface area contributed by atoms with Crippen molar-refractivity contribution in [2.24, 2.45) is 5.10 Å². The Labute approximate surface area is 146 Å². The molecule has 0 aliphatic carbocycles. The van der Waals surface area contributed by atoms with Crippen LogP contribution in [0.15, 0.2) is 47.6 Å². The molecule has 7 heteroatoms. The zero-order chi connectivity index (χ0) is 18.1. The van der Waals surface area contributed by atoms with Crippen LogP contribution in [0, 0.1) is 0 Å². The molecular weight excluding hydrogens is 324 g/mol. The van der Waals surface area contributed by atoms with E-state index in [1.54, 1.807) is 63.8 Å². The molecule has 0 saturated heterocycles. The molecule has 0 aromatic heterocycles. The number of carbonyl (C=O) groups is 1. The minimum absolute atomic E-state index is 0.167. The number of nitrogens with one attached hydrogen (secondary N) is 1. The topological polar surface area (TPSA) is 78.4 Å². The minimum Gasteiger partial charge on any atom is -0.497 e. The van der Waals surface area contributed by atoms with Crippen molar-refractivity contribution in [1.82, 2.24) is 5.43 Å². The van der Waals surface area contributed by atoms with Crippen molar-refractivity contribution >= 4 is 12.1 Å². The number of carbonyl (C=O) groups excluding carboxylic acids is 1. The van der Waals surface area contributed by atoms with Crippen molar-refractivity contribution in [3.05, 3.63) is 48.0 Å². The number of nitrogens with zero attached hydrogens (tertiary/aromatic N) is 1. The third-order valence-electron chi connectivity index (χ3n) is 3.24. The zero-order valence-electron chi connectivity index (χ0n) is 14.3. The van der Waals surface area contributed by atoms with Gasteiger partial charge in [0.2, 0.25) is 0 Å². The maximum absolute atomic E-state index is 11.8. The van der Waals surface area contributed by atoms with Crippen molar-refractivity contribution < 1.29 is 23.7 Å². The van der Waals surface area contributed by atoms with Crippen LogP contribution in [0.4, 0.5) is 0 Å². The molecule has 0 unspecified atom stereocenters. The second kappa shape index (κ2) is 9.17. The van der Waals surface area contributed by atoms with Gasteiger partial charge in [0, 0.05) is 11.6 Å². The Bertz CT molecular complexity index is 746. The fourth-order valence-corrected chi connectivity index (χ4v) is 1.99. The summed E-state index contributed by atoms with van der Waals surface area (Å²) in [5.74, 6) is 2.08. The second-order valence-corrected chi connectivity index (χ2v) is 4.87. The minimum atomic E-state index is -0.388. The summed E-state index contributed by atoms with van der Waals surface area (Å²) >= 11 is 0. The number of hydrogen-bond donors (Lipinski definition) is 1.